The number of nitrogens with zero attached hydrogens (tertiary/aromatic N) is 2. The van der Waals surface area contributed by atoms with Gasteiger partial charge in [-0.3, -0.25) is 19.8 Å². The summed E-state index contributed by atoms with van der Waals surface area (Å²) in [5, 5.41) is 5.32. The molecule has 0 saturated carbocycles. The van der Waals surface area contributed by atoms with Crippen molar-refractivity contribution < 1.29 is 27.5 Å². The third-order valence-electron chi connectivity index (χ3n) is 6.75. The number of benzene rings is 2. The highest BCUT2D eigenvalue weighted by molar-refractivity contribution is 7.89. The van der Waals surface area contributed by atoms with Crippen molar-refractivity contribution in [3.63, 3.8) is 0 Å². The van der Waals surface area contributed by atoms with Crippen LogP contribution in [0.5, 0.6) is 0 Å². The lowest BCUT2D eigenvalue weighted by atomic mass is 10.0. The van der Waals surface area contributed by atoms with Gasteiger partial charge in [0.15, 0.2) is 0 Å². The van der Waals surface area contributed by atoms with E-state index in [0.29, 0.717) is 18.0 Å². The summed E-state index contributed by atoms with van der Waals surface area (Å²) in [6.07, 6.45) is -0.290. The number of carbonyl (C=O) groups excluding carboxylic acids is 3. The first-order valence-corrected chi connectivity index (χ1v) is 15.1. The van der Waals surface area contributed by atoms with Crippen LogP contribution < -0.4 is 10.6 Å². The Labute approximate surface area is 238 Å². The maximum absolute atomic E-state index is 13.3. The van der Waals surface area contributed by atoms with Crippen LogP contribution in [-0.2, 0) is 34.3 Å². The number of methoxy groups -OCH3 is 1. The Balaban J connectivity index is 1.56. The van der Waals surface area contributed by atoms with Crippen molar-refractivity contribution in [3.8, 4) is 0 Å². The maximum atomic E-state index is 13.3. The van der Waals surface area contributed by atoms with E-state index in [2.05, 4.69) is 27.2 Å². The van der Waals surface area contributed by atoms with Crippen molar-refractivity contribution in [3.05, 3.63) is 81.7 Å². The minimum absolute atomic E-state index is 0.0752. The molecule has 10 nitrogen and oxygen atoms in total. The highest BCUT2D eigenvalue weighted by Crippen LogP contribution is 2.37. The lowest BCUT2D eigenvalue weighted by Crippen LogP contribution is -2.33. The molecule has 212 valence electrons. The topological polar surface area (TPSA) is 125 Å². The van der Waals surface area contributed by atoms with E-state index in [1.54, 1.807) is 6.92 Å². The van der Waals surface area contributed by atoms with E-state index in [0.717, 1.165) is 29.1 Å². The van der Waals surface area contributed by atoms with Crippen molar-refractivity contribution in [2.75, 3.05) is 32.1 Å². The van der Waals surface area contributed by atoms with Crippen LogP contribution in [0, 0.1) is 0 Å². The minimum Gasteiger partial charge on any atom is -0.453 e. The number of hydrogen-bond acceptors (Lipinski definition) is 8. The Hall–Kier alpha value is -3.58. The van der Waals surface area contributed by atoms with Crippen LogP contribution in [-0.4, -0.2) is 62.3 Å². The standard InChI is InChI=1S/C28H32N4O6S2/c1-4-31-16-15-22-23(18-31)39-27(24(22)26(34)30-28(35)38-3)29-25(33)20-11-13-21(14-12-20)40(36,37)32(5-2)17-19-9-7-6-8-10-19/h6-14H,4-5,15-18H2,1-3H3,(H,29,33)(H,30,34,35). The predicted octanol–water partition coefficient (Wildman–Crippen LogP) is 4.09. The summed E-state index contributed by atoms with van der Waals surface area (Å²) >= 11 is 1.29. The quantitative estimate of drug-likeness (QED) is 0.388. The summed E-state index contributed by atoms with van der Waals surface area (Å²) in [4.78, 5) is 41.1. The zero-order valence-electron chi connectivity index (χ0n) is 22.6. The molecule has 40 heavy (non-hydrogen) atoms. The zero-order valence-corrected chi connectivity index (χ0v) is 24.2. The number of fused-ring (bicyclic) bond motifs is 1. The van der Waals surface area contributed by atoms with E-state index in [-0.39, 0.29) is 29.1 Å². The molecule has 3 aromatic rings. The fraction of sp³-hybridized carbons (Fsp3) is 0.321. The smallest absolute Gasteiger partial charge is 0.413 e. The summed E-state index contributed by atoms with van der Waals surface area (Å²) in [7, 11) is -2.62. The van der Waals surface area contributed by atoms with Crippen LogP contribution in [0.25, 0.3) is 0 Å². The van der Waals surface area contributed by atoms with E-state index >= 15 is 0 Å². The fourth-order valence-electron chi connectivity index (χ4n) is 4.52. The van der Waals surface area contributed by atoms with Crippen molar-refractivity contribution in [2.45, 2.75) is 38.3 Å². The van der Waals surface area contributed by atoms with Crippen LogP contribution in [0.1, 0.15) is 50.6 Å². The molecule has 0 saturated heterocycles. The van der Waals surface area contributed by atoms with Crippen LogP contribution in [0.4, 0.5) is 9.80 Å². The number of thiophene rings is 1. The van der Waals surface area contributed by atoms with E-state index in [4.69, 9.17) is 0 Å². The Kier molecular flexibility index (Phi) is 9.36. The zero-order chi connectivity index (χ0) is 28.9. The van der Waals surface area contributed by atoms with Crippen molar-refractivity contribution in [2.24, 2.45) is 0 Å². The molecule has 1 aliphatic rings. The molecule has 0 unspecified atom stereocenters. The number of sulfonamides is 1. The largest absolute Gasteiger partial charge is 0.453 e. The number of carbonyl (C=O) groups is 3. The number of hydrogen-bond donors (Lipinski definition) is 2. The lowest BCUT2D eigenvalue weighted by molar-refractivity contribution is 0.0936. The molecule has 12 heteroatoms. The van der Waals surface area contributed by atoms with E-state index in [1.807, 2.05) is 30.3 Å². The third-order valence-corrected chi connectivity index (χ3v) is 9.81. The molecular weight excluding hydrogens is 552 g/mol. The molecule has 0 spiro atoms. The van der Waals surface area contributed by atoms with Crippen LogP contribution >= 0.6 is 11.3 Å². The molecule has 1 aromatic heterocycles. The second kappa shape index (κ2) is 12.7. The first kappa shape index (κ1) is 29.4. The molecular formula is C28H32N4O6S2. The van der Waals surface area contributed by atoms with Gasteiger partial charge in [-0.25, -0.2) is 13.2 Å². The Bertz CT molecular complexity index is 1490. The average molecular weight is 585 g/mol. The molecule has 3 amide bonds. The summed E-state index contributed by atoms with van der Waals surface area (Å²) in [6, 6.07) is 15.0. The number of ether oxygens (including phenoxy) is 1. The van der Waals surface area contributed by atoms with Crippen LogP contribution in [0.3, 0.4) is 0 Å². The van der Waals surface area contributed by atoms with Gasteiger partial charge in [0.05, 0.1) is 17.6 Å². The molecule has 2 heterocycles. The number of alkyl carbamates (subject to hydrolysis) is 1. The Morgan fingerprint density at radius 3 is 2.35 bits per heavy atom. The maximum Gasteiger partial charge on any atom is 0.413 e. The van der Waals surface area contributed by atoms with Gasteiger partial charge in [-0.15, -0.1) is 11.3 Å². The van der Waals surface area contributed by atoms with E-state index in [1.165, 1.54) is 47.0 Å². The lowest BCUT2D eigenvalue weighted by Gasteiger charge is -2.25. The molecule has 2 aromatic carbocycles. The van der Waals surface area contributed by atoms with E-state index < -0.39 is 27.9 Å². The first-order valence-electron chi connectivity index (χ1n) is 12.9. The predicted molar refractivity (Wildman–Crippen MR) is 153 cm³/mol. The summed E-state index contributed by atoms with van der Waals surface area (Å²) in [5.74, 6) is -1.15. The highest BCUT2D eigenvalue weighted by Gasteiger charge is 2.30. The molecule has 2 N–H and O–H groups in total. The van der Waals surface area contributed by atoms with Gasteiger partial charge in [-0.2, -0.15) is 4.31 Å². The normalized spacial score (nSPS) is 13.5. The number of rotatable bonds is 9. The van der Waals surface area contributed by atoms with Crippen LogP contribution in [0.2, 0.25) is 0 Å². The number of nitrogens with one attached hydrogen (secondary N) is 2. The van der Waals surface area contributed by atoms with Gasteiger partial charge in [0, 0.05) is 36.6 Å². The van der Waals surface area contributed by atoms with Gasteiger partial charge < -0.3 is 10.1 Å². The molecule has 4 rings (SSSR count). The van der Waals surface area contributed by atoms with E-state index in [9.17, 15) is 22.8 Å². The number of anilines is 1. The van der Waals surface area contributed by atoms with Gasteiger partial charge in [0.25, 0.3) is 11.8 Å². The molecule has 0 atom stereocenters. The summed E-state index contributed by atoms with van der Waals surface area (Å²) in [5.41, 5.74) is 2.14. The van der Waals surface area contributed by atoms with Crippen molar-refractivity contribution >= 4 is 44.3 Å². The minimum atomic E-state index is -3.79. The number of imide groups is 1. The van der Waals surface area contributed by atoms with Crippen molar-refractivity contribution in [1.82, 2.24) is 14.5 Å². The Morgan fingerprint density at radius 1 is 1.02 bits per heavy atom. The Morgan fingerprint density at radius 2 is 1.73 bits per heavy atom. The number of amides is 3. The number of likely N-dealkylation sites (N-methyl/N-ethyl adjacent to an activating group) is 1. The second-order valence-electron chi connectivity index (χ2n) is 9.17. The average Bonchev–Trinajstić information content (AvgIpc) is 3.33. The van der Waals surface area contributed by atoms with Gasteiger partial charge >= 0.3 is 6.09 Å². The monoisotopic (exact) mass is 584 g/mol. The summed E-state index contributed by atoms with van der Waals surface area (Å²) in [6.45, 7) is 6.58. The van der Waals surface area contributed by atoms with Crippen molar-refractivity contribution in [1.29, 1.82) is 0 Å². The highest BCUT2D eigenvalue weighted by atomic mass is 32.2. The van der Waals surface area contributed by atoms with Gasteiger partial charge in [0.1, 0.15) is 5.00 Å². The fourth-order valence-corrected chi connectivity index (χ4v) is 7.24. The van der Waals surface area contributed by atoms with Crippen LogP contribution in [0.15, 0.2) is 59.5 Å². The second-order valence-corrected chi connectivity index (χ2v) is 12.2. The first-order chi connectivity index (χ1) is 19.2. The molecule has 0 bridgehead atoms. The van der Waals surface area contributed by atoms with Gasteiger partial charge in [0.2, 0.25) is 10.0 Å². The van der Waals surface area contributed by atoms with Gasteiger partial charge in [-0.05, 0) is 48.4 Å². The SMILES string of the molecule is CCN1CCc2c(sc(NC(=O)c3ccc(S(=O)(=O)N(CC)Cc4ccccc4)cc3)c2C(=O)NC(=O)OC)C1. The molecule has 0 fully saturated rings. The molecule has 0 aliphatic carbocycles. The molecule has 0 radical (unpaired) electrons. The summed E-state index contributed by atoms with van der Waals surface area (Å²) < 4.78 is 32.5. The molecule has 1 aliphatic heterocycles. The third kappa shape index (κ3) is 6.41. The van der Waals surface area contributed by atoms with Gasteiger partial charge in [-0.1, -0.05) is 44.2 Å².